The molecule has 3 aromatic rings. The number of pyridine rings is 1. The van der Waals surface area contributed by atoms with Gasteiger partial charge in [-0.05, 0) is 51.3 Å². The average molecular weight is 375 g/mol. The Balaban J connectivity index is 2.24. The maximum absolute atomic E-state index is 13.2. The summed E-state index contributed by atoms with van der Waals surface area (Å²) in [5.41, 5.74) is 3.78. The summed E-state index contributed by atoms with van der Waals surface area (Å²) >= 11 is 3.45. The van der Waals surface area contributed by atoms with Crippen LogP contribution in [0.15, 0.2) is 53.4 Å². The van der Waals surface area contributed by atoms with E-state index >= 15 is 0 Å². The molecular weight excluding hydrogens is 363 g/mol. The molecule has 0 unspecified atom stereocenters. The number of nitrogens with zero attached hydrogens (tertiary/aromatic N) is 1. The van der Waals surface area contributed by atoms with Crippen LogP contribution in [0.4, 0.5) is 4.39 Å². The van der Waals surface area contributed by atoms with E-state index in [0.29, 0.717) is 10.3 Å². The minimum absolute atomic E-state index is 0.141. The van der Waals surface area contributed by atoms with E-state index in [-0.39, 0.29) is 12.2 Å². The van der Waals surface area contributed by atoms with E-state index in [9.17, 15) is 9.18 Å². The third kappa shape index (κ3) is 3.17. The number of carboxylic acid groups (broad SMARTS) is 1. The highest BCUT2D eigenvalue weighted by molar-refractivity contribution is 9.10. The second-order valence-electron chi connectivity index (χ2n) is 4.98. The van der Waals surface area contributed by atoms with Gasteiger partial charge < -0.3 is 10.1 Å². The summed E-state index contributed by atoms with van der Waals surface area (Å²) < 4.78 is 13.9. The molecule has 0 aliphatic heterocycles. The highest BCUT2D eigenvalue weighted by Crippen LogP contribution is 2.40. The molecule has 6 heteroatoms. The molecule has 0 bridgehead atoms. The molecule has 0 amide bonds. The van der Waals surface area contributed by atoms with Crippen molar-refractivity contribution in [2.45, 2.75) is 6.42 Å². The molecule has 2 N–H and O–H groups in total. The van der Waals surface area contributed by atoms with E-state index < -0.39 is 5.97 Å². The summed E-state index contributed by atoms with van der Waals surface area (Å²) in [6.07, 6.45) is 3.15. The van der Waals surface area contributed by atoms with Crippen LogP contribution in [0, 0.1) is 5.82 Å². The molecule has 0 radical (unpaired) electrons. The average Bonchev–Trinajstić information content (AvgIpc) is 2.84. The number of benzene rings is 1. The van der Waals surface area contributed by atoms with Crippen molar-refractivity contribution in [3.63, 3.8) is 0 Å². The first-order chi connectivity index (χ1) is 11.1. The lowest BCUT2D eigenvalue weighted by molar-refractivity contribution is -0.136. The van der Waals surface area contributed by atoms with Crippen molar-refractivity contribution in [2.75, 3.05) is 0 Å². The van der Waals surface area contributed by atoms with Crippen LogP contribution in [0.2, 0.25) is 0 Å². The van der Waals surface area contributed by atoms with E-state index in [1.165, 1.54) is 12.1 Å². The molecule has 0 spiro atoms. The summed E-state index contributed by atoms with van der Waals surface area (Å²) in [6, 6.07) is 9.71. The lowest BCUT2D eigenvalue weighted by Crippen LogP contribution is -2.01. The van der Waals surface area contributed by atoms with E-state index in [4.69, 9.17) is 5.11 Å². The Morgan fingerprint density at radius 2 is 1.70 bits per heavy atom. The Bertz CT molecular complexity index is 845. The summed E-state index contributed by atoms with van der Waals surface area (Å²) in [4.78, 5) is 18.2. The van der Waals surface area contributed by atoms with Crippen molar-refractivity contribution in [3.05, 3.63) is 64.9 Å². The summed E-state index contributed by atoms with van der Waals surface area (Å²) in [5.74, 6) is -1.25. The quantitative estimate of drug-likeness (QED) is 0.716. The topological polar surface area (TPSA) is 66.0 Å². The van der Waals surface area contributed by atoms with Gasteiger partial charge in [-0.25, -0.2) is 4.39 Å². The van der Waals surface area contributed by atoms with Crippen LogP contribution in [-0.2, 0) is 11.2 Å². The van der Waals surface area contributed by atoms with E-state index in [2.05, 4.69) is 25.9 Å². The van der Waals surface area contributed by atoms with Gasteiger partial charge in [0.05, 0.1) is 11.0 Å². The van der Waals surface area contributed by atoms with Crippen molar-refractivity contribution in [1.29, 1.82) is 0 Å². The van der Waals surface area contributed by atoms with Gasteiger partial charge in [-0.1, -0.05) is 12.1 Å². The molecule has 4 nitrogen and oxygen atoms in total. The smallest absolute Gasteiger partial charge is 0.309 e. The zero-order valence-electron chi connectivity index (χ0n) is 11.9. The van der Waals surface area contributed by atoms with Crippen molar-refractivity contribution < 1.29 is 14.3 Å². The van der Waals surface area contributed by atoms with Crippen LogP contribution in [0.3, 0.4) is 0 Å². The molecule has 23 heavy (non-hydrogen) atoms. The van der Waals surface area contributed by atoms with Gasteiger partial charge in [0.1, 0.15) is 5.82 Å². The number of carboxylic acids is 1. The van der Waals surface area contributed by atoms with Crippen molar-refractivity contribution in [1.82, 2.24) is 9.97 Å². The highest BCUT2D eigenvalue weighted by Gasteiger charge is 2.20. The minimum atomic E-state index is -0.931. The number of H-pyrrole nitrogens is 1. The number of nitrogens with one attached hydrogen (secondary N) is 1. The Morgan fingerprint density at radius 3 is 2.30 bits per heavy atom. The van der Waals surface area contributed by atoms with Gasteiger partial charge in [-0.2, -0.15) is 0 Å². The molecule has 1 aromatic carbocycles. The zero-order chi connectivity index (χ0) is 16.4. The molecule has 0 fully saturated rings. The third-order valence-corrected chi connectivity index (χ3v) is 4.06. The van der Waals surface area contributed by atoms with E-state index in [0.717, 1.165) is 22.3 Å². The van der Waals surface area contributed by atoms with Crippen molar-refractivity contribution in [3.8, 4) is 22.3 Å². The lowest BCUT2D eigenvalue weighted by Gasteiger charge is -2.08. The maximum atomic E-state index is 13.2. The molecule has 0 atom stereocenters. The number of halogens is 2. The number of aliphatic carboxylic acids is 1. The fourth-order valence-electron chi connectivity index (χ4n) is 2.53. The molecule has 2 heterocycles. The summed E-state index contributed by atoms with van der Waals surface area (Å²) in [7, 11) is 0. The number of hydrogen-bond donors (Lipinski definition) is 2. The first kappa shape index (κ1) is 15.4. The largest absolute Gasteiger partial charge is 0.481 e. The normalized spacial score (nSPS) is 10.7. The molecular formula is C17H12BrFN2O2. The van der Waals surface area contributed by atoms with Crippen LogP contribution in [-0.4, -0.2) is 21.0 Å². The van der Waals surface area contributed by atoms with E-state index in [1.807, 2.05) is 12.1 Å². The molecule has 0 aliphatic rings. The summed E-state index contributed by atoms with van der Waals surface area (Å²) in [6.45, 7) is 0. The number of aromatic nitrogens is 2. The Hall–Kier alpha value is -2.47. The van der Waals surface area contributed by atoms with Crippen LogP contribution in [0.25, 0.3) is 22.3 Å². The monoisotopic (exact) mass is 374 g/mol. The number of carbonyl (C=O) groups is 1. The van der Waals surface area contributed by atoms with Gasteiger partial charge in [0, 0.05) is 29.2 Å². The van der Waals surface area contributed by atoms with Gasteiger partial charge >= 0.3 is 5.97 Å². The predicted octanol–water partition coefficient (Wildman–Crippen LogP) is 4.27. The van der Waals surface area contributed by atoms with Crippen molar-refractivity contribution >= 4 is 21.9 Å². The first-order valence-electron chi connectivity index (χ1n) is 6.84. The molecule has 3 rings (SSSR count). The highest BCUT2D eigenvalue weighted by atomic mass is 79.9. The first-order valence-corrected chi connectivity index (χ1v) is 7.64. The number of rotatable bonds is 4. The van der Waals surface area contributed by atoms with Crippen LogP contribution in [0.5, 0.6) is 0 Å². The lowest BCUT2D eigenvalue weighted by atomic mass is 9.96. The van der Waals surface area contributed by atoms with Crippen molar-refractivity contribution in [2.24, 2.45) is 0 Å². The second-order valence-corrected chi connectivity index (χ2v) is 5.77. The predicted molar refractivity (Wildman–Crippen MR) is 88.5 cm³/mol. The SMILES string of the molecule is O=C(O)Cc1[nH]c(Br)c(-c2ccc(F)cc2)c1-c1ccncc1. The standard InChI is InChI=1S/C17H12BrFN2O2/c18-17-16(10-1-3-12(19)4-2-10)15(11-5-7-20-8-6-11)13(21-17)9-14(22)23/h1-8,21H,9H2,(H,22,23). The molecule has 0 saturated heterocycles. The fourth-order valence-corrected chi connectivity index (χ4v) is 3.19. The van der Waals surface area contributed by atoms with Gasteiger partial charge in [0.25, 0.3) is 0 Å². The molecule has 0 saturated carbocycles. The van der Waals surface area contributed by atoms with Crippen LogP contribution >= 0.6 is 15.9 Å². The van der Waals surface area contributed by atoms with Gasteiger partial charge in [0.15, 0.2) is 0 Å². The maximum Gasteiger partial charge on any atom is 0.309 e. The van der Waals surface area contributed by atoms with E-state index in [1.54, 1.807) is 24.5 Å². The Kier molecular flexibility index (Phi) is 4.25. The molecule has 116 valence electrons. The van der Waals surface area contributed by atoms with Crippen LogP contribution < -0.4 is 0 Å². The number of aromatic amines is 1. The minimum Gasteiger partial charge on any atom is -0.481 e. The Morgan fingerprint density at radius 1 is 1.09 bits per heavy atom. The van der Waals surface area contributed by atoms with Crippen LogP contribution in [0.1, 0.15) is 5.69 Å². The third-order valence-electron chi connectivity index (χ3n) is 3.46. The zero-order valence-corrected chi connectivity index (χ0v) is 13.5. The Labute approximate surface area is 140 Å². The summed E-state index contributed by atoms with van der Waals surface area (Å²) in [5, 5.41) is 9.15. The van der Waals surface area contributed by atoms with Gasteiger partial charge in [0.2, 0.25) is 0 Å². The number of hydrogen-bond acceptors (Lipinski definition) is 2. The van der Waals surface area contributed by atoms with Gasteiger partial charge in [-0.3, -0.25) is 9.78 Å². The molecule has 0 aliphatic carbocycles. The molecule has 2 aromatic heterocycles. The van der Waals surface area contributed by atoms with Gasteiger partial charge in [-0.15, -0.1) is 0 Å². The second kappa shape index (κ2) is 6.34. The fraction of sp³-hybridized carbons (Fsp3) is 0.0588.